The molecule has 1 aliphatic carbocycles. The van der Waals surface area contributed by atoms with E-state index >= 15 is 0 Å². The summed E-state index contributed by atoms with van der Waals surface area (Å²) in [6.07, 6.45) is 4.68. The molecule has 15 nitrogen and oxygen atoms in total. The number of primary amides is 1. The van der Waals surface area contributed by atoms with Gasteiger partial charge in [0.2, 0.25) is 12.1 Å². The lowest BCUT2D eigenvalue weighted by Crippen LogP contribution is -2.71. The largest absolute Gasteiger partial charge is 0.543 e. The highest BCUT2D eigenvalue weighted by Crippen LogP contribution is 2.43. The molecule has 18 heteroatoms. The zero-order valence-electron chi connectivity index (χ0n) is 36.3. The van der Waals surface area contributed by atoms with Crippen LogP contribution in [0.5, 0.6) is 0 Å². The fraction of sp³-hybridized carbons (Fsp3) is 0.292. The summed E-state index contributed by atoms with van der Waals surface area (Å²) in [6.45, 7) is 5.27. The fourth-order valence-corrected chi connectivity index (χ4v) is 11.0. The van der Waals surface area contributed by atoms with E-state index in [0.717, 1.165) is 26.5 Å². The number of hydrogen-bond donors (Lipinski definition) is 3. The number of β-lactam (4-membered cyclic amide) rings is 1. The number of benzene rings is 3. The number of carboxylic acids is 1. The highest BCUT2D eigenvalue weighted by Gasteiger charge is 2.54. The summed E-state index contributed by atoms with van der Waals surface area (Å²) in [5.41, 5.74) is 4.95. The number of hydrogen-bond acceptors (Lipinski definition) is 14. The molecule has 8 rings (SSSR count). The number of nitrogens with zero attached hydrogens (tertiary/aromatic N) is 4. The van der Waals surface area contributed by atoms with Crippen LogP contribution in [0.4, 0.5) is 5.13 Å². The van der Waals surface area contributed by atoms with Gasteiger partial charge in [-0.15, -0.1) is 34.9 Å². The summed E-state index contributed by atoms with van der Waals surface area (Å²) in [5, 5.41) is 24.7. The zero-order valence-corrected chi connectivity index (χ0v) is 38.8. The Hall–Kier alpha value is -6.50. The Labute approximate surface area is 393 Å². The second-order valence-electron chi connectivity index (χ2n) is 17.0. The molecule has 2 fully saturated rings. The topological polar surface area (TPSA) is 209 Å². The Balaban J connectivity index is 1.09. The number of ether oxygens (including phenoxy) is 1. The molecule has 5 aromatic rings. The van der Waals surface area contributed by atoms with Crippen LogP contribution in [0, 0.1) is 0 Å². The Morgan fingerprint density at radius 1 is 0.939 bits per heavy atom. The number of pyridine rings is 1. The SMILES string of the molecule is CC(C)(C)OC(=O)C1(O/N=C(\C(=O)N[C@@H]2C(=O)N3C(C(=O)[O-])=C(CSc4cc[n+](CC(N)=O)cc4)CS[C@H]23)c2csc(NC(c3ccccc3)(c3ccccc3)c3ccccc3)n2)CCC1. The second-order valence-corrected chi connectivity index (χ2v) is 20.0. The molecule has 66 heavy (non-hydrogen) atoms. The van der Waals surface area contributed by atoms with Crippen molar-refractivity contribution in [2.24, 2.45) is 10.9 Å². The lowest BCUT2D eigenvalue weighted by atomic mass is 9.77. The summed E-state index contributed by atoms with van der Waals surface area (Å²) in [5.74, 6) is -3.56. The minimum Gasteiger partial charge on any atom is -0.543 e. The molecular weight excluding hydrogens is 899 g/mol. The van der Waals surface area contributed by atoms with E-state index in [1.807, 2.05) is 91.0 Å². The Morgan fingerprint density at radius 2 is 1.53 bits per heavy atom. The lowest BCUT2D eigenvalue weighted by Gasteiger charge is -2.50. The first-order valence-corrected chi connectivity index (χ1v) is 24.1. The number of aromatic nitrogens is 2. The number of rotatable bonds is 17. The quantitative estimate of drug-likeness (QED) is 0.0224. The third-order valence-electron chi connectivity index (χ3n) is 11.3. The summed E-state index contributed by atoms with van der Waals surface area (Å²) < 4.78 is 7.33. The molecule has 3 aliphatic rings. The van der Waals surface area contributed by atoms with Gasteiger partial charge in [0.1, 0.15) is 28.2 Å². The molecule has 0 bridgehead atoms. The number of aliphatic carboxylic acids is 1. The normalized spacial score (nSPS) is 18.0. The third kappa shape index (κ3) is 9.57. The molecular formula is C48H47N7O8S3. The van der Waals surface area contributed by atoms with E-state index < -0.39 is 57.8 Å². The van der Waals surface area contributed by atoms with Crippen molar-refractivity contribution in [1.82, 2.24) is 15.2 Å². The minimum atomic E-state index is -1.51. The molecule has 1 saturated carbocycles. The van der Waals surface area contributed by atoms with Gasteiger partial charge in [0.25, 0.3) is 17.7 Å². The molecule has 3 aromatic carbocycles. The van der Waals surface area contributed by atoms with Gasteiger partial charge in [0.05, 0.1) is 11.7 Å². The van der Waals surface area contributed by atoms with Crippen molar-refractivity contribution >= 4 is 75.4 Å². The molecule has 2 aliphatic heterocycles. The first-order chi connectivity index (χ1) is 31.7. The molecule has 340 valence electrons. The number of anilines is 1. The highest BCUT2D eigenvalue weighted by molar-refractivity contribution is 8.01. The van der Waals surface area contributed by atoms with Crippen LogP contribution in [-0.4, -0.2) is 79.4 Å². The maximum atomic E-state index is 14.5. The van der Waals surface area contributed by atoms with E-state index in [1.54, 1.807) is 55.2 Å². The molecule has 2 aromatic heterocycles. The van der Waals surface area contributed by atoms with Gasteiger partial charge >= 0.3 is 5.97 Å². The van der Waals surface area contributed by atoms with Crippen LogP contribution in [-0.2, 0) is 45.6 Å². The predicted molar refractivity (Wildman–Crippen MR) is 249 cm³/mol. The van der Waals surface area contributed by atoms with Gasteiger partial charge in [0, 0.05) is 46.8 Å². The van der Waals surface area contributed by atoms with Gasteiger partial charge in [-0.3, -0.25) is 19.3 Å². The van der Waals surface area contributed by atoms with Crippen LogP contribution < -0.4 is 26.0 Å². The number of oxime groups is 1. The fourth-order valence-electron chi connectivity index (χ4n) is 7.91. The van der Waals surface area contributed by atoms with Gasteiger partial charge in [-0.1, -0.05) is 96.2 Å². The summed E-state index contributed by atoms with van der Waals surface area (Å²) >= 11 is 3.90. The van der Waals surface area contributed by atoms with Gasteiger partial charge in [-0.25, -0.2) is 9.78 Å². The predicted octanol–water partition coefficient (Wildman–Crippen LogP) is 4.50. The summed E-state index contributed by atoms with van der Waals surface area (Å²) in [6, 6.07) is 32.2. The first kappa shape index (κ1) is 46.0. The van der Waals surface area contributed by atoms with E-state index in [-0.39, 0.29) is 35.2 Å². The molecule has 2 atom stereocenters. The lowest BCUT2D eigenvalue weighted by molar-refractivity contribution is -0.684. The van der Waals surface area contributed by atoms with Crippen molar-refractivity contribution in [1.29, 1.82) is 0 Å². The number of fused-ring (bicyclic) bond motifs is 1. The monoisotopic (exact) mass is 945 g/mol. The van der Waals surface area contributed by atoms with Crippen molar-refractivity contribution < 1.29 is 43.2 Å². The third-order valence-corrected chi connectivity index (χ3v) is 14.5. The number of carbonyl (C=O) groups is 5. The smallest absolute Gasteiger partial charge is 0.353 e. The van der Waals surface area contributed by atoms with Crippen LogP contribution in [0.3, 0.4) is 0 Å². The summed E-state index contributed by atoms with van der Waals surface area (Å²) in [7, 11) is 0. The van der Waals surface area contributed by atoms with E-state index in [4.69, 9.17) is 20.3 Å². The molecule has 1 saturated heterocycles. The average Bonchev–Trinajstić information content (AvgIpc) is 3.75. The Bertz CT molecular complexity index is 2590. The van der Waals surface area contributed by atoms with Crippen molar-refractivity contribution in [3.05, 3.63) is 155 Å². The molecule has 0 spiro atoms. The van der Waals surface area contributed by atoms with Crippen LogP contribution in [0.15, 0.2) is 142 Å². The number of thiazole rings is 1. The van der Waals surface area contributed by atoms with Gasteiger partial charge in [-0.05, 0) is 49.5 Å². The summed E-state index contributed by atoms with van der Waals surface area (Å²) in [4.78, 5) is 78.7. The van der Waals surface area contributed by atoms with Gasteiger partial charge < -0.3 is 35.8 Å². The highest BCUT2D eigenvalue weighted by atomic mass is 32.2. The number of carboxylic acid groups (broad SMARTS) is 1. The first-order valence-electron chi connectivity index (χ1n) is 21.2. The van der Waals surface area contributed by atoms with Crippen molar-refractivity contribution in [2.75, 3.05) is 16.8 Å². The van der Waals surface area contributed by atoms with E-state index in [1.165, 1.54) is 34.9 Å². The number of nitrogens with two attached hydrogens (primary N) is 1. The number of thioether (sulfide) groups is 2. The maximum absolute atomic E-state index is 14.5. The minimum absolute atomic E-state index is 0.0197. The molecule has 4 N–H and O–H groups in total. The Morgan fingerprint density at radius 3 is 2.05 bits per heavy atom. The van der Waals surface area contributed by atoms with Crippen LogP contribution >= 0.6 is 34.9 Å². The average molecular weight is 946 g/mol. The van der Waals surface area contributed by atoms with Crippen LogP contribution in [0.2, 0.25) is 0 Å². The van der Waals surface area contributed by atoms with Crippen molar-refractivity contribution in [2.45, 2.75) is 79.6 Å². The standard InChI is InChI=1S/C48H47N7O8S3/c1-46(2,3)62-44(61)47(22-13-23-47)63-53-37(35-29-66-45(50-35)52-48(31-14-7-4-8-15-31,32-16-9-5-10-17-32)33-18-11-6-12-19-33)40(57)51-38-41(58)55-39(43(59)60)30(28-65-42(38)55)27-64-34-20-24-54(25-21-34)26-36(49)56/h4-12,14-21,24-25,29,38,42H,13,22-23,26-28H2,1-3H3,(H4-,49,50,51,52,56,57,59,60)/b53-37-/t38-,42-/m1/s1. The van der Waals surface area contributed by atoms with Gasteiger partial charge in [-0.2, -0.15) is 4.57 Å². The van der Waals surface area contributed by atoms with E-state index in [9.17, 15) is 29.1 Å². The molecule has 0 radical (unpaired) electrons. The van der Waals surface area contributed by atoms with E-state index in [0.29, 0.717) is 30.0 Å². The van der Waals surface area contributed by atoms with Crippen LogP contribution in [0.25, 0.3) is 0 Å². The van der Waals surface area contributed by atoms with Crippen LogP contribution in [0.1, 0.15) is 62.4 Å². The zero-order chi connectivity index (χ0) is 46.6. The Kier molecular flexibility index (Phi) is 13.4. The van der Waals surface area contributed by atoms with Gasteiger partial charge in [0.15, 0.2) is 23.2 Å². The molecule has 4 heterocycles. The van der Waals surface area contributed by atoms with Crippen molar-refractivity contribution in [3.63, 3.8) is 0 Å². The number of amides is 3. The maximum Gasteiger partial charge on any atom is 0.353 e. The molecule has 3 amide bonds. The second kappa shape index (κ2) is 19.1. The number of esters is 1. The van der Waals surface area contributed by atoms with Crippen molar-refractivity contribution in [3.8, 4) is 0 Å². The molecule has 0 unspecified atom stereocenters. The number of nitrogens with one attached hydrogen (secondary N) is 2. The number of carbonyl (C=O) groups excluding carboxylic acids is 5. The van der Waals surface area contributed by atoms with E-state index in [2.05, 4.69) is 15.8 Å².